The first-order chi connectivity index (χ1) is 8.48. The molecule has 2 aromatic rings. The Labute approximate surface area is 93.5 Å². The minimum atomic E-state index is -1.98. The van der Waals surface area contributed by atoms with E-state index in [0.29, 0.717) is 11.5 Å². The summed E-state index contributed by atoms with van der Waals surface area (Å²) in [7, 11) is 0. The van der Waals surface area contributed by atoms with Crippen LogP contribution < -0.4 is 10.5 Å². The van der Waals surface area contributed by atoms with Crippen LogP contribution in [0, 0.1) is 0 Å². The third kappa shape index (κ3) is 2.36. The molecule has 0 fully saturated rings. The van der Waals surface area contributed by atoms with Crippen molar-refractivity contribution in [2.24, 2.45) is 5.73 Å². The van der Waals surface area contributed by atoms with Gasteiger partial charge in [-0.15, -0.1) is 0 Å². The van der Waals surface area contributed by atoms with Gasteiger partial charge in [-0.2, -0.15) is 0 Å². The summed E-state index contributed by atoms with van der Waals surface area (Å²) >= 11 is 0. The molecule has 0 aromatic heterocycles. The molecule has 2 heteroatoms. The van der Waals surface area contributed by atoms with E-state index in [2.05, 4.69) is 0 Å². The average Bonchev–Trinajstić information content (AvgIpc) is 2.31. The van der Waals surface area contributed by atoms with Gasteiger partial charge >= 0.3 is 0 Å². The highest BCUT2D eigenvalue weighted by Gasteiger charge is 2.01. The number of hydrogen-bond acceptors (Lipinski definition) is 2. The second-order valence-electron chi connectivity index (χ2n) is 2.97. The molecule has 2 N–H and O–H groups in total. The zero-order chi connectivity index (χ0) is 13.2. The molecule has 0 aliphatic carbocycles. The second-order valence-corrected chi connectivity index (χ2v) is 2.97. The van der Waals surface area contributed by atoms with Gasteiger partial charge in [0.15, 0.2) is 0 Å². The van der Waals surface area contributed by atoms with E-state index >= 15 is 0 Å². The predicted molar refractivity (Wildman–Crippen MR) is 60.8 cm³/mol. The number of para-hydroxylation sites is 2. The van der Waals surface area contributed by atoms with Crippen molar-refractivity contribution in [1.29, 1.82) is 0 Å². The lowest BCUT2D eigenvalue weighted by atomic mass is 10.2. The Bertz CT molecular complexity index is 552. The fourth-order valence-corrected chi connectivity index (χ4v) is 1.23. The first-order valence-corrected chi connectivity index (χ1v) is 4.60. The molecule has 0 radical (unpaired) electrons. The van der Waals surface area contributed by atoms with E-state index < -0.39 is 6.50 Å². The maximum absolute atomic E-state index is 7.70. The van der Waals surface area contributed by atoms with Crippen LogP contribution in [0.4, 0.5) is 0 Å². The SMILES string of the molecule is [2H]c1ccccc1Oc1ccccc1C([2H])([2H])N. The molecule has 2 aromatic carbocycles. The largest absolute Gasteiger partial charge is 0.457 e. The Balaban J connectivity index is 2.39. The van der Waals surface area contributed by atoms with Gasteiger partial charge in [0.1, 0.15) is 11.5 Å². The van der Waals surface area contributed by atoms with E-state index in [0.717, 1.165) is 0 Å². The highest BCUT2D eigenvalue weighted by molar-refractivity contribution is 5.37. The fourth-order valence-electron chi connectivity index (χ4n) is 1.23. The Kier molecular flexibility index (Phi) is 2.05. The van der Waals surface area contributed by atoms with E-state index in [9.17, 15) is 0 Å². The zero-order valence-electron chi connectivity index (χ0n) is 11.1. The summed E-state index contributed by atoms with van der Waals surface area (Å²) in [5.41, 5.74) is 5.71. The summed E-state index contributed by atoms with van der Waals surface area (Å²) in [5.74, 6) is 0.693. The van der Waals surface area contributed by atoms with Crippen LogP contribution in [0.1, 0.15) is 9.68 Å². The summed E-state index contributed by atoms with van der Waals surface area (Å²) < 4.78 is 28.4. The molecule has 2 rings (SSSR count). The van der Waals surface area contributed by atoms with E-state index in [4.69, 9.17) is 14.6 Å². The molecule has 76 valence electrons. The molecule has 0 bridgehead atoms. The minimum absolute atomic E-state index is 0.241. The Hall–Kier alpha value is -1.80. The van der Waals surface area contributed by atoms with Gasteiger partial charge in [0.2, 0.25) is 0 Å². The highest BCUT2D eigenvalue weighted by Crippen LogP contribution is 2.24. The summed E-state index contributed by atoms with van der Waals surface area (Å²) in [4.78, 5) is 0. The van der Waals surface area contributed by atoms with Gasteiger partial charge in [-0.1, -0.05) is 36.4 Å². The monoisotopic (exact) mass is 202 g/mol. The van der Waals surface area contributed by atoms with Gasteiger partial charge in [0.05, 0.1) is 1.37 Å². The summed E-state index contributed by atoms with van der Waals surface area (Å²) in [6, 6.07) is 13.6. The first-order valence-electron chi connectivity index (χ1n) is 6.10. The van der Waals surface area contributed by atoms with Crippen LogP contribution in [0.25, 0.3) is 0 Å². The van der Waals surface area contributed by atoms with E-state index in [1.54, 1.807) is 48.5 Å². The lowest BCUT2D eigenvalue weighted by Crippen LogP contribution is -1.98. The number of hydrogen-bond donors (Lipinski definition) is 1. The fraction of sp³-hybridized carbons (Fsp3) is 0.0769. The number of rotatable bonds is 3. The van der Waals surface area contributed by atoms with Crippen LogP contribution in [-0.4, -0.2) is 0 Å². The molecule has 0 unspecified atom stereocenters. The molecular weight excluding hydrogens is 186 g/mol. The van der Waals surface area contributed by atoms with E-state index in [1.165, 1.54) is 0 Å². The molecule has 0 spiro atoms. The van der Waals surface area contributed by atoms with Gasteiger partial charge in [0.25, 0.3) is 0 Å². The van der Waals surface area contributed by atoms with Gasteiger partial charge in [-0.05, 0) is 18.2 Å². The number of ether oxygens (including phenoxy) is 1. The first kappa shape index (κ1) is 6.64. The van der Waals surface area contributed by atoms with Crippen LogP contribution in [0.2, 0.25) is 0 Å². The molecule has 0 heterocycles. The Morgan fingerprint density at radius 1 is 1.13 bits per heavy atom. The van der Waals surface area contributed by atoms with Crippen molar-refractivity contribution >= 4 is 0 Å². The molecule has 2 nitrogen and oxygen atoms in total. The van der Waals surface area contributed by atoms with Crippen molar-refractivity contribution in [3.05, 3.63) is 60.1 Å². The molecule has 0 atom stereocenters. The number of nitrogens with two attached hydrogens (primary N) is 1. The normalized spacial score (nSPS) is 13.8. The molecule has 0 amide bonds. The third-order valence-corrected chi connectivity index (χ3v) is 1.94. The van der Waals surface area contributed by atoms with Crippen molar-refractivity contribution in [2.75, 3.05) is 0 Å². The zero-order valence-corrected chi connectivity index (χ0v) is 8.10. The van der Waals surface area contributed by atoms with Crippen LogP contribution in [0.5, 0.6) is 11.5 Å². The van der Waals surface area contributed by atoms with Crippen LogP contribution in [-0.2, 0) is 6.50 Å². The molecule has 0 saturated carbocycles. The number of benzene rings is 2. The molecular formula is C13H13NO. The Morgan fingerprint density at radius 2 is 1.93 bits per heavy atom. The van der Waals surface area contributed by atoms with Gasteiger partial charge in [-0.3, -0.25) is 0 Å². The van der Waals surface area contributed by atoms with Gasteiger partial charge in [0, 0.05) is 14.8 Å². The molecule has 0 aliphatic heterocycles. The quantitative estimate of drug-likeness (QED) is 0.830. The van der Waals surface area contributed by atoms with Crippen LogP contribution in [0.3, 0.4) is 0 Å². The van der Waals surface area contributed by atoms with Crippen molar-refractivity contribution in [3.63, 3.8) is 0 Å². The lowest BCUT2D eigenvalue weighted by molar-refractivity contribution is 0.476. The molecule has 0 aliphatic rings. The molecule has 15 heavy (non-hydrogen) atoms. The van der Waals surface area contributed by atoms with Gasteiger partial charge < -0.3 is 10.5 Å². The maximum atomic E-state index is 7.70. The minimum Gasteiger partial charge on any atom is -0.457 e. The van der Waals surface area contributed by atoms with Crippen molar-refractivity contribution in [3.8, 4) is 11.5 Å². The van der Waals surface area contributed by atoms with Crippen molar-refractivity contribution < 1.29 is 8.85 Å². The average molecular weight is 202 g/mol. The van der Waals surface area contributed by atoms with Crippen molar-refractivity contribution in [1.82, 2.24) is 0 Å². The smallest absolute Gasteiger partial charge is 0.131 e. The summed E-state index contributed by atoms with van der Waals surface area (Å²) in [6.07, 6.45) is 0. The standard InChI is InChI=1S/C13H13NO/c14-10-11-6-4-5-9-13(11)15-12-7-2-1-3-8-12/h1-9H,10,14H2/i7D,10D2. The third-order valence-electron chi connectivity index (χ3n) is 1.94. The lowest BCUT2D eigenvalue weighted by Gasteiger charge is -2.09. The van der Waals surface area contributed by atoms with Crippen LogP contribution in [0.15, 0.2) is 54.6 Å². The molecule has 0 saturated heterocycles. The Morgan fingerprint density at radius 3 is 2.73 bits per heavy atom. The summed E-state index contributed by atoms with van der Waals surface area (Å²) in [5, 5.41) is 0. The van der Waals surface area contributed by atoms with Crippen LogP contribution >= 0.6 is 0 Å². The second kappa shape index (κ2) is 4.62. The maximum Gasteiger partial charge on any atom is 0.131 e. The van der Waals surface area contributed by atoms with Crippen molar-refractivity contribution in [2.45, 2.75) is 6.50 Å². The van der Waals surface area contributed by atoms with Gasteiger partial charge in [-0.25, -0.2) is 0 Å². The van der Waals surface area contributed by atoms with E-state index in [-0.39, 0.29) is 11.6 Å². The summed E-state index contributed by atoms with van der Waals surface area (Å²) in [6.45, 7) is -1.98. The van der Waals surface area contributed by atoms with E-state index in [1.807, 2.05) is 0 Å². The highest BCUT2D eigenvalue weighted by atomic mass is 16.5. The topological polar surface area (TPSA) is 35.2 Å². The predicted octanol–water partition coefficient (Wildman–Crippen LogP) is 2.94.